The van der Waals surface area contributed by atoms with E-state index in [1.165, 1.54) is 27.8 Å². The lowest BCUT2D eigenvalue weighted by Crippen LogP contribution is -2.30. The van der Waals surface area contributed by atoms with Gasteiger partial charge in [-0.05, 0) is 54.5 Å². The van der Waals surface area contributed by atoms with E-state index in [1.54, 1.807) is 0 Å². The van der Waals surface area contributed by atoms with Gasteiger partial charge in [-0.2, -0.15) is 0 Å². The minimum atomic E-state index is -0.269. The van der Waals surface area contributed by atoms with E-state index >= 15 is 0 Å². The molecule has 2 aromatic rings. The second kappa shape index (κ2) is 4.82. The van der Waals surface area contributed by atoms with Crippen LogP contribution in [-0.4, -0.2) is 11.2 Å². The molecule has 3 rings (SSSR count). The first kappa shape index (κ1) is 12.4. The van der Waals surface area contributed by atoms with Crippen molar-refractivity contribution in [3.63, 3.8) is 0 Å². The van der Waals surface area contributed by atoms with Gasteiger partial charge in [0.25, 0.3) is 0 Å². The molecule has 19 heavy (non-hydrogen) atoms. The van der Waals surface area contributed by atoms with Crippen molar-refractivity contribution in [2.75, 3.05) is 0 Å². The summed E-state index contributed by atoms with van der Waals surface area (Å²) < 4.78 is 0. The van der Waals surface area contributed by atoms with Gasteiger partial charge in [-0.15, -0.1) is 0 Å². The lowest BCUT2D eigenvalue weighted by Gasteiger charge is -2.34. The van der Waals surface area contributed by atoms with Crippen LogP contribution in [0.2, 0.25) is 0 Å². The number of fused-ring (bicyclic) bond motifs is 1. The molecule has 1 heteroatoms. The van der Waals surface area contributed by atoms with Crippen LogP contribution in [0.25, 0.3) is 0 Å². The normalized spacial score (nSPS) is 18.6. The fourth-order valence-corrected chi connectivity index (χ4v) is 3.16. The second-order valence-electron chi connectivity index (χ2n) is 5.65. The van der Waals surface area contributed by atoms with E-state index in [4.69, 9.17) is 0 Å². The molecule has 98 valence electrons. The van der Waals surface area contributed by atoms with Crippen molar-refractivity contribution in [1.29, 1.82) is 0 Å². The van der Waals surface area contributed by atoms with E-state index in [1.807, 2.05) is 0 Å². The molecule has 0 radical (unpaired) electrons. The molecule has 2 unspecified atom stereocenters. The van der Waals surface area contributed by atoms with Gasteiger partial charge in [-0.1, -0.05) is 42.5 Å². The zero-order valence-electron chi connectivity index (χ0n) is 11.6. The first-order valence-electron chi connectivity index (χ1n) is 6.98. The lowest BCUT2D eigenvalue weighted by molar-refractivity contribution is 0.133. The van der Waals surface area contributed by atoms with Crippen molar-refractivity contribution in [3.05, 3.63) is 70.3 Å². The Morgan fingerprint density at radius 3 is 2.42 bits per heavy atom. The van der Waals surface area contributed by atoms with Gasteiger partial charge >= 0.3 is 0 Å². The number of benzene rings is 2. The Bertz CT molecular complexity index is 580. The van der Waals surface area contributed by atoms with E-state index in [9.17, 15) is 5.11 Å². The maximum absolute atomic E-state index is 10.5. The van der Waals surface area contributed by atoms with Crippen molar-refractivity contribution >= 4 is 0 Å². The van der Waals surface area contributed by atoms with Crippen LogP contribution in [-0.2, 0) is 12.8 Å². The molecule has 0 aromatic heterocycles. The summed E-state index contributed by atoms with van der Waals surface area (Å²) in [6.07, 6.45) is 1.51. The number of hydrogen-bond acceptors (Lipinski definition) is 1. The number of aliphatic hydroxyl groups excluding tert-OH is 1. The molecule has 1 N–H and O–H groups in total. The van der Waals surface area contributed by atoms with Crippen LogP contribution in [0.5, 0.6) is 0 Å². The summed E-state index contributed by atoms with van der Waals surface area (Å²) >= 11 is 0. The Morgan fingerprint density at radius 2 is 1.74 bits per heavy atom. The minimum absolute atomic E-state index is 0.269. The predicted octanol–water partition coefficient (Wildman–Crippen LogP) is 3.55. The van der Waals surface area contributed by atoms with Crippen LogP contribution in [0.4, 0.5) is 0 Å². The molecule has 0 bridgehead atoms. The zero-order chi connectivity index (χ0) is 13.4. The van der Waals surface area contributed by atoms with Crippen LogP contribution >= 0.6 is 0 Å². The minimum Gasteiger partial charge on any atom is -0.392 e. The summed E-state index contributed by atoms with van der Waals surface area (Å²) in [5.41, 5.74) is 6.60. The third kappa shape index (κ3) is 2.19. The smallest absolute Gasteiger partial charge is 0.0652 e. The number of aryl methyl sites for hydroxylation is 2. The van der Waals surface area contributed by atoms with Crippen molar-refractivity contribution in [2.45, 2.75) is 38.7 Å². The third-order valence-electron chi connectivity index (χ3n) is 4.42. The Kier molecular flexibility index (Phi) is 3.16. The lowest BCUT2D eigenvalue weighted by atomic mass is 9.73. The molecule has 0 saturated heterocycles. The molecule has 0 heterocycles. The van der Waals surface area contributed by atoms with Gasteiger partial charge in [-0.3, -0.25) is 0 Å². The summed E-state index contributed by atoms with van der Waals surface area (Å²) in [6.45, 7) is 4.26. The maximum atomic E-state index is 10.5. The van der Waals surface area contributed by atoms with E-state index in [-0.39, 0.29) is 6.10 Å². The molecule has 0 spiro atoms. The highest BCUT2D eigenvalue weighted by Crippen LogP contribution is 2.38. The molecule has 0 saturated carbocycles. The quantitative estimate of drug-likeness (QED) is 0.885. The molecular weight excluding hydrogens is 232 g/mol. The molecular formula is C18H20O. The highest BCUT2D eigenvalue weighted by atomic mass is 16.3. The van der Waals surface area contributed by atoms with Crippen LogP contribution in [0, 0.1) is 13.8 Å². The van der Waals surface area contributed by atoms with Gasteiger partial charge in [-0.25, -0.2) is 0 Å². The van der Waals surface area contributed by atoms with Gasteiger partial charge in [0.15, 0.2) is 0 Å². The van der Waals surface area contributed by atoms with Gasteiger partial charge in [0.1, 0.15) is 0 Å². The molecule has 1 nitrogen and oxygen atoms in total. The zero-order valence-corrected chi connectivity index (χ0v) is 11.6. The van der Waals surface area contributed by atoms with Crippen molar-refractivity contribution in [3.8, 4) is 0 Å². The van der Waals surface area contributed by atoms with Gasteiger partial charge in [0, 0.05) is 5.92 Å². The largest absolute Gasteiger partial charge is 0.392 e. The predicted molar refractivity (Wildman–Crippen MR) is 78.5 cm³/mol. The average Bonchev–Trinajstić information content (AvgIpc) is 2.35. The standard InChI is InChI=1S/C18H20O/c1-12-6-5-7-13(2)16(12)11-18(19)17-10-14-8-3-4-9-15(14)17/h3-9,17-19H,10-11H2,1-2H3. The first-order valence-corrected chi connectivity index (χ1v) is 6.98. The van der Waals surface area contributed by atoms with E-state index in [2.05, 4.69) is 56.3 Å². The van der Waals surface area contributed by atoms with Crippen LogP contribution in [0.3, 0.4) is 0 Å². The molecule has 2 atom stereocenters. The molecule has 1 aliphatic rings. The van der Waals surface area contributed by atoms with Crippen LogP contribution in [0.15, 0.2) is 42.5 Å². The monoisotopic (exact) mass is 252 g/mol. The van der Waals surface area contributed by atoms with Crippen LogP contribution < -0.4 is 0 Å². The fraction of sp³-hybridized carbons (Fsp3) is 0.333. The summed E-state index contributed by atoms with van der Waals surface area (Å²) in [5, 5.41) is 10.5. The first-order chi connectivity index (χ1) is 9.16. The molecule has 0 amide bonds. The molecule has 0 fully saturated rings. The fourth-order valence-electron chi connectivity index (χ4n) is 3.16. The topological polar surface area (TPSA) is 20.2 Å². The van der Waals surface area contributed by atoms with Crippen LogP contribution in [0.1, 0.15) is 33.7 Å². The number of rotatable bonds is 3. The van der Waals surface area contributed by atoms with Gasteiger partial charge < -0.3 is 5.11 Å². The van der Waals surface area contributed by atoms with Gasteiger partial charge in [0.2, 0.25) is 0 Å². The summed E-state index contributed by atoms with van der Waals surface area (Å²) in [7, 11) is 0. The van der Waals surface area contributed by atoms with E-state index < -0.39 is 0 Å². The number of hydrogen-bond donors (Lipinski definition) is 1. The summed E-state index contributed by atoms with van der Waals surface area (Å²) in [6, 6.07) is 14.8. The highest BCUT2D eigenvalue weighted by Gasteiger charge is 2.31. The molecule has 2 aromatic carbocycles. The number of aliphatic hydroxyl groups is 1. The van der Waals surface area contributed by atoms with E-state index in [0.717, 1.165) is 12.8 Å². The average molecular weight is 252 g/mol. The van der Waals surface area contributed by atoms with Crippen molar-refractivity contribution in [1.82, 2.24) is 0 Å². The van der Waals surface area contributed by atoms with E-state index in [0.29, 0.717) is 5.92 Å². The van der Waals surface area contributed by atoms with Crippen molar-refractivity contribution < 1.29 is 5.11 Å². The molecule has 0 aliphatic heterocycles. The third-order valence-corrected chi connectivity index (χ3v) is 4.42. The Morgan fingerprint density at radius 1 is 1.05 bits per heavy atom. The van der Waals surface area contributed by atoms with Gasteiger partial charge in [0.05, 0.1) is 6.10 Å². The maximum Gasteiger partial charge on any atom is 0.0652 e. The second-order valence-corrected chi connectivity index (χ2v) is 5.65. The SMILES string of the molecule is Cc1cccc(C)c1CC(O)C1Cc2ccccc21. The summed E-state index contributed by atoms with van der Waals surface area (Å²) in [4.78, 5) is 0. The highest BCUT2D eigenvalue weighted by molar-refractivity contribution is 5.42. The Balaban J connectivity index is 1.79. The van der Waals surface area contributed by atoms with Crippen molar-refractivity contribution in [2.24, 2.45) is 0 Å². The Labute approximate surface area is 114 Å². The summed E-state index contributed by atoms with van der Waals surface area (Å²) in [5.74, 6) is 0.315. The Hall–Kier alpha value is -1.60. The molecule has 1 aliphatic carbocycles.